The fourth-order valence-electron chi connectivity index (χ4n) is 1.71. The Labute approximate surface area is 96.9 Å². The molecule has 1 fully saturated rings. The number of rotatable bonds is 5. The van der Waals surface area contributed by atoms with Crippen LogP contribution in [0.1, 0.15) is 38.4 Å². The number of nitrogens with zero attached hydrogens (tertiary/aromatic N) is 3. The lowest BCUT2D eigenvalue weighted by atomic mass is 10.1. The highest BCUT2D eigenvalue weighted by atomic mass is 16.3. The van der Waals surface area contributed by atoms with E-state index in [1.54, 1.807) is 0 Å². The van der Waals surface area contributed by atoms with Crippen LogP contribution >= 0.6 is 0 Å². The molecule has 0 unspecified atom stereocenters. The zero-order valence-electron chi connectivity index (χ0n) is 10.3. The molecule has 4 nitrogen and oxygen atoms in total. The Balaban J connectivity index is 2.05. The van der Waals surface area contributed by atoms with Gasteiger partial charge < -0.3 is 9.67 Å². The van der Waals surface area contributed by atoms with Gasteiger partial charge in [0.1, 0.15) is 0 Å². The van der Waals surface area contributed by atoms with Crippen molar-refractivity contribution in [2.75, 3.05) is 13.7 Å². The summed E-state index contributed by atoms with van der Waals surface area (Å²) in [7, 11) is 2.04. The summed E-state index contributed by atoms with van der Waals surface area (Å²) in [6.45, 7) is 5.10. The van der Waals surface area contributed by atoms with Gasteiger partial charge in [-0.05, 0) is 33.7 Å². The molecule has 2 rings (SSSR count). The minimum atomic E-state index is -0.182. The van der Waals surface area contributed by atoms with Crippen LogP contribution in [0.5, 0.6) is 0 Å². The highest BCUT2D eigenvalue weighted by molar-refractivity contribution is 5.04. The molecular weight excluding hydrogens is 202 g/mol. The number of aliphatic hydroxyl groups is 1. The molecule has 0 spiro atoms. The zero-order chi connectivity index (χ0) is 11.8. The van der Waals surface area contributed by atoms with Crippen LogP contribution in [-0.2, 0) is 6.54 Å². The highest BCUT2D eigenvalue weighted by Crippen LogP contribution is 2.36. The third-order valence-electron chi connectivity index (χ3n) is 3.51. The van der Waals surface area contributed by atoms with E-state index in [9.17, 15) is 5.11 Å². The van der Waals surface area contributed by atoms with Crippen molar-refractivity contribution in [3.63, 3.8) is 0 Å². The van der Waals surface area contributed by atoms with E-state index in [4.69, 9.17) is 0 Å². The highest BCUT2D eigenvalue weighted by Gasteiger charge is 2.28. The van der Waals surface area contributed by atoms with E-state index in [1.165, 1.54) is 18.5 Å². The normalized spacial score (nSPS) is 17.1. The number of hydrogen-bond donors (Lipinski definition) is 1. The van der Waals surface area contributed by atoms with Crippen molar-refractivity contribution in [1.82, 2.24) is 14.5 Å². The molecule has 4 heteroatoms. The van der Waals surface area contributed by atoms with Crippen molar-refractivity contribution in [3.05, 3.63) is 18.2 Å². The summed E-state index contributed by atoms with van der Waals surface area (Å²) in [4.78, 5) is 6.39. The first kappa shape index (κ1) is 11.6. The first-order chi connectivity index (χ1) is 7.54. The minimum Gasteiger partial charge on any atom is -0.394 e. The van der Waals surface area contributed by atoms with Gasteiger partial charge in [0.15, 0.2) is 0 Å². The van der Waals surface area contributed by atoms with Crippen molar-refractivity contribution in [3.8, 4) is 0 Å². The number of likely N-dealkylation sites (N-methyl/N-ethyl adjacent to an activating group) is 1. The third kappa shape index (κ3) is 2.28. The van der Waals surface area contributed by atoms with Crippen molar-refractivity contribution in [2.24, 2.45) is 0 Å². The van der Waals surface area contributed by atoms with Crippen molar-refractivity contribution >= 4 is 0 Å². The summed E-state index contributed by atoms with van der Waals surface area (Å²) in [5, 5.41) is 9.32. The molecule has 0 amide bonds. The van der Waals surface area contributed by atoms with Gasteiger partial charge in [0.05, 0.1) is 18.6 Å². The lowest BCUT2D eigenvalue weighted by Crippen LogP contribution is -2.43. The van der Waals surface area contributed by atoms with Gasteiger partial charge in [-0.1, -0.05) is 0 Å². The monoisotopic (exact) mass is 223 g/mol. The van der Waals surface area contributed by atoms with Crippen LogP contribution in [0.25, 0.3) is 0 Å². The molecule has 90 valence electrons. The number of hydrogen-bond acceptors (Lipinski definition) is 3. The van der Waals surface area contributed by atoms with Gasteiger partial charge in [-0.3, -0.25) is 4.90 Å². The van der Waals surface area contributed by atoms with Crippen molar-refractivity contribution < 1.29 is 5.11 Å². The van der Waals surface area contributed by atoms with Gasteiger partial charge in [0.25, 0.3) is 0 Å². The van der Waals surface area contributed by atoms with Gasteiger partial charge >= 0.3 is 0 Å². The number of aliphatic hydroxyl groups excluding tert-OH is 1. The SMILES string of the molecule is CN(Cc1cncn1C1CC1)C(C)(C)CO. The van der Waals surface area contributed by atoms with Crippen LogP contribution in [0.4, 0.5) is 0 Å². The summed E-state index contributed by atoms with van der Waals surface area (Å²) in [5.41, 5.74) is 1.06. The smallest absolute Gasteiger partial charge is 0.0951 e. The van der Waals surface area contributed by atoms with E-state index in [1.807, 2.05) is 33.4 Å². The molecule has 1 aliphatic carbocycles. The van der Waals surface area contributed by atoms with Crippen LogP contribution in [0, 0.1) is 0 Å². The Hall–Kier alpha value is -0.870. The Morgan fingerprint density at radius 3 is 2.81 bits per heavy atom. The van der Waals surface area contributed by atoms with Crippen LogP contribution in [0.2, 0.25) is 0 Å². The Morgan fingerprint density at radius 2 is 2.25 bits per heavy atom. The second-order valence-corrected chi connectivity index (χ2v) is 5.35. The van der Waals surface area contributed by atoms with E-state index in [-0.39, 0.29) is 12.1 Å². The van der Waals surface area contributed by atoms with E-state index in [0.717, 1.165) is 6.54 Å². The third-order valence-corrected chi connectivity index (χ3v) is 3.51. The lowest BCUT2D eigenvalue weighted by molar-refractivity contribution is 0.0716. The molecule has 0 saturated heterocycles. The predicted molar refractivity (Wildman–Crippen MR) is 63.1 cm³/mol. The van der Waals surface area contributed by atoms with Gasteiger partial charge in [-0.25, -0.2) is 4.98 Å². The van der Waals surface area contributed by atoms with Crippen LogP contribution in [-0.4, -0.2) is 38.8 Å². The number of imidazole rings is 1. The van der Waals surface area contributed by atoms with Gasteiger partial charge in [0.2, 0.25) is 0 Å². The summed E-state index contributed by atoms with van der Waals surface area (Å²) >= 11 is 0. The van der Waals surface area contributed by atoms with Gasteiger partial charge in [0, 0.05) is 24.3 Å². The van der Waals surface area contributed by atoms with Gasteiger partial charge in [-0.15, -0.1) is 0 Å². The molecule has 0 radical (unpaired) electrons. The Morgan fingerprint density at radius 1 is 1.56 bits per heavy atom. The molecule has 1 N–H and O–H groups in total. The molecular formula is C12H21N3O. The molecule has 1 aliphatic rings. The first-order valence-corrected chi connectivity index (χ1v) is 5.87. The van der Waals surface area contributed by atoms with Crippen molar-refractivity contribution in [1.29, 1.82) is 0 Å². The molecule has 0 bridgehead atoms. The first-order valence-electron chi connectivity index (χ1n) is 5.87. The molecule has 1 aromatic rings. The second-order valence-electron chi connectivity index (χ2n) is 5.35. The largest absolute Gasteiger partial charge is 0.394 e. The van der Waals surface area contributed by atoms with Gasteiger partial charge in [-0.2, -0.15) is 0 Å². The average molecular weight is 223 g/mol. The van der Waals surface area contributed by atoms with E-state index >= 15 is 0 Å². The predicted octanol–water partition coefficient (Wildman–Crippen LogP) is 1.42. The lowest BCUT2D eigenvalue weighted by Gasteiger charge is -2.33. The average Bonchev–Trinajstić information content (AvgIpc) is 3.00. The van der Waals surface area contributed by atoms with Crippen molar-refractivity contribution in [2.45, 2.75) is 44.8 Å². The fourth-order valence-corrected chi connectivity index (χ4v) is 1.71. The van der Waals surface area contributed by atoms with E-state index in [0.29, 0.717) is 6.04 Å². The summed E-state index contributed by atoms with van der Waals surface area (Å²) < 4.78 is 2.27. The standard InChI is InChI=1S/C12H21N3O/c1-12(2,8-16)14(3)7-11-6-13-9-15(11)10-4-5-10/h6,9-10,16H,4-5,7-8H2,1-3H3. The quantitative estimate of drug-likeness (QED) is 0.821. The molecule has 16 heavy (non-hydrogen) atoms. The van der Waals surface area contributed by atoms with Crippen LogP contribution < -0.4 is 0 Å². The maximum atomic E-state index is 9.32. The summed E-state index contributed by atoms with van der Waals surface area (Å²) in [5.74, 6) is 0. The van der Waals surface area contributed by atoms with E-state index < -0.39 is 0 Å². The fraction of sp³-hybridized carbons (Fsp3) is 0.750. The Kier molecular flexibility index (Phi) is 3.04. The molecule has 0 aromatic carbocycles. The molecule has 1 heterocycles. The second kappa shape index (κ2) is 4.18. The maximum absolute atomic E-state index is 9.32. The Bertz CT molecular complexity index is 355. The molecule has 1 aromatic heterocycles. The number of aromatic nitrogens is 2. The van der Waals surface area contributed by atoms with Crippen LogP contribution in [0.3, 0.4) is 0 Å². The van der Waals surface area contributed by atoms with E-state index in [2.05, 4.69) is 14.5 Å². The van der Waals surface area contributed by atoms with Crippen LogP contribution in [0.15, 0.2) is 12.5 Å². The maximum Gasteiger partial charge on any atom is 0.0951 e. The molecule has 1 saturated carbocycles. The molecule has 0 aliphatic heterocycles. The zero-order valence-corrected chi connectivity index (χ0v) is 10.3. The topological polar surface area (TPSA) is 41.3 Å². The summed E-state index contributed by atoms with van der Waals surface area (Å²) in [6, 6.07) is 0.670. The minimum absolute atomic E-state index is 0.168. The molecule has 0 atom stereocenters. The summed E-state index contributed by atoms with van der Waals surface area (Å²) in [6.07, 6.45) is 6.40.